The second-order valence-electron chi connectivity index (χ2n) is 5.65. The van der Waals surface area contributed by atoms with E-state index in [1.54, 1.807) is 24.4 Å². The van der Waals surface area contributed by atoms with Gasteiger partial charge in [-0.1, -0.05) is 18.1 Å². The molecule has 0 fully saturated rings. The lowest BCUT2D eigenvalue weighted by atomic mass is 10.1. The van der Waals surface area contributed by atoms with Gasteiger partial charge >= 0.3 is 0 Å². The molecule has 142 valence electrons. The number of anilines is 1. The first kappa shape index (κ1) is 19.1. The van der Waals surface area contributed by atoms with Gasteiger partial charge in [0.05, 0.1) is 11.9 Å². The summed E-state index contributed by atoms with van der Waals surface area (Å²) in [4.78, 5) is 25.5. The van der Waals surface area contributed by atoms with E-state index in [0.717, 1.165) is 12.1 Å². The number of halogens is 2. The molecule has 8 heteroatoms. The maximum absolute atomic E-state index is 13.7. The zero-order valence-electron chi connectivity index (χ0n) is 14.9. The van der Waals surface area contributed by atoms with Gasteiger partial charge in [-0.25, -0.2) is 13.8 Å². The summed E-state index contributed by atoms with van der Waals surface area (Å²) in [5, 5.41) is 6.47. The van der Waals surface area contributed by atoms with Crippen LogP contribution in [0.5, 0.6) is 5.75 Å². The van der Waals surface area contributed by atoms with E-state index in [2.05, 4.69) is 20.4 Å². The molecule has 6 nitrogen and oxygen atoms in total. The number of carbonyl (C=O) groups excluding carboxylic acids is 1. The summed E-state index contributed by atoms with van der Waals surface area (Å²) < 4.78 is 27.4. The largest absolute Gasteiger partial charge is 0.355 e. The smallest absolute Gasteiger partial charge is 0.262 e. The fourth-order valence-electron chi connectivity index (χ4n) is 2.36. The summed E-state index contributed by atoms with van der Waals surface area (Å²) >= 11 is 0. The maximum Gasteiger partial charge on any atom is 0.262 e. The molecule has 2 aromatic heterocycles. The number of pyridine rings is 2. The molecule has 1 aromatic carbocycles. The highest BCUT2D eigenvalue weighted by molar-refractivity contribution is 6.04. The van der Waals surface area contributed by atoms with Crippen molar-refractivity contribution < 1.29 is 18.4 Å². The molecule has 0 bridgehead atoms. The molecule has 1 amide bonds. The molecule has 0 aliphatic rings. The molecule has 1 N–H and O–H groups in total. The number of nitrogens with zero attached hydrogens (tertiary/aromatic N) is 3. The number of oxime groups is 1. The van der Waals surface area contributed by atoms with Crippen LogP contribution < -0.4 is 10.2 Å². The Morgan fingerprint density at radius 3 is 2.50 bits per heavy atom. The van der Waals surface area contributed by atoms with Crippen LogP contribution in [-0.4, -0.2) is 21.6 Å². The van der Waals surface area contributed by atoms with Crippen molar-refractivity contribution in [3.05, 3.63) is 83.8 Å². The summed E-state index contributed by atoms with van der Waals surface area (Å²) in [6, 6.07) is 9.86. The van der Waals surface area contributed by atoms with Crippen molar-refractivity contribution in [2.45, 2.75) is 13.3 Å². The molecule has 0 aliphatic heterocycles. The first-order valence-corrected chi connectivity index (χ1v) is 8.44. The normalized spacial score (nSPS) is 11.2. The van der Waals surface area contributed by atoms with E-state index in [0.29, 0.717) is 23.4 Å². The zero-order valence-corrected chi connectivity index (χ0v) is 14.9. The van der Waals surface area contributed by atoms with Crippen molar-refractivity contribution in [2.75, 3.05) is 5.32 Å². The van der Waals surface area contributed by atoms with Crippen molar-refractivity contribution in [2.24, 2.45) is 5.16 Å². The minimum absolute atomic E-state index is 0.153. The molecule has 0 radical (unpaired) electrons. The van der Waals surface area contributed by atoms with Crippen molar-refractivity contribution in [1.82, 2.24) is 9.97 Å². The van der Waals surface area contributed by atoms with Gasteiger partial charge in [0.15, 0.2) is 5.75 Å². The molecule has 3 aromatic rings. The van der Waals surface area contributed by atoms with E-state index in [1.165, 1.54) is 24.5 Å². The Kier molecular flexibility index (Phi) is 6.01. The summed E-state index contributed by atoms with van der Waals surface area (Å²) in [7, 11) is 0. The third-order valence-electron chi connectivity index (χ3n) is 3.76. The van der Waals surface area contributed by atoms with E-state index in [1.807, 2.05) is 6.92 Å². The van der Waals surface area contributed by atoms with Crippen LogP contribution in [0.15, 0.2) is 66.2 Å². The number of rotatable bonds is 6. The van der Waals surface area contributed by atoms with Crippen molar-refractivity contribution in [1.29, 1.82) is 0 Å². The number of carbonyl (C=O) groups is 1. The fraction of sp³-hybridized carbons (Fsp3) is 0.100. The minimum atomic E-state index is -0.943. The quantitative estimate of drug-likeness (QED) is 0.512. The van der Waals surface area contributed by atoms with Gasteiger partial charge in [0.2, 0.25) is 0 Å². The lowest BCUT2D eigenvalue weighted by molar-refractivity contribution is 0.101. The third-order valence-corrected chi connectivity index (χ3v) is 3.76. The first-order chi connectivity index (χ1) is 13.6. The Morgan fingerprint density at radius 1 is 1.11 bits per heavy atom. The highest BCUT2D eigenvalue weighted by atomic mass is 19.1. The van der Waals surface area contributed by atoms with Gasteiger partial charge < -0.3 is 10.2 Å². The molecule has 0 saturated heterocycles. The van der Waals surface area contributed by atoms with E-state index in [-0.39, 0.29) is 5.82 Å². The zero-order chi connectivity index (χ0) is 19.9. The van der Waals surface area contributed by atoms with Gasteiger partial charge in [0.1, 0.15) is 23.0 Å². The Morgan fingerprint density at radius 2 is 1.89 bits per heavy atom. The highest BCUT2D eigenvalue weighted by Gasteiger charge is 2.17. The summed E-state index contributed by atoms with van der Waals surface area (Å²) in [5.74, 6) is -2.15. The second kappa shape index (κ2) is 8.81. The summed E-state index contributed by atoms with van der Waals surface area (Å²) in [5.41, 5.74) is 0.657. The summed E-state index contributed by atoms with van der Waals surface area (Å²) in [6.07, 6.45) is 5.23. The number of benzene rings is 1. The Balaban J connectivity index is 1.72. The van der Waals surface area contributed by atoms with Crippen LogP contribution >= 0.6 is 0 Å². The monoisotopic (exact) mass is 382 g/mol. The molecule has 0 atom stereocenters. The predicted molar refractivity (Wildman–Crippen MR) is 100 cm³/mol. The molecular weight excluding hydrogens is 366 g/mol. The standard InChI is InChI=1S/C20H16F2N4O2/c1-2-17(26-28-14-5-4-10-23-12-14)13-8-9-18(24-11-13)25-20(27)19-15(21)6-3-7-16(19)22/h3-12H,2H2,1H3,(H,24,25,27)/b26-17+. The lowest BCUT2D eigenvalue weighted by Crippen LogP contribution is -2.16. The molecule has 28 heavy (non-hydrogen) atoms. The molecular formula is C20H16F2N4O2. The minimum Gasteiger partial charge on any atom is -0.355 e. The Bertz CT molecular complexity index is 973. The van der Waals surface area contributed by atoms with E-state index in [9.17, 15) is 13.6 Å². The Labute approximate surface area is 159 Å². The highest BCUT2D eigenvalue weighted by Crippen LogP contribution is 2.15. The van der Waals surface area contributed by atoms with Crippen LogP contribution in [-0.2, 0) is 0 Å². The number of hydrogen-bond donors (Lipinski definition) is 1. The van der Waals surface area contributed by atoms with Crippen molar-refractivity contribution >= 4 is 17.4 Å². The molecule has 0 aliphatic carbocycles. The topological polar surface area (TPSA) is 76.5 Å². The summed E-state index contributed by atoms with van der Waals surface area (Å²) in [6.45, 7) is 1.90. The van der Waals surface area contributed by atoms with E-state index in [4.69, 9.17) is 4.84 Å². The molecule has 0 unspecified atom stereocenters. The van der Waals surface area contributed by atoms with Gasteiger partial charge in [-0.05, 0) is 42.8 Å². The molecule has 0 saturated carbocycles. The second-order valence-corrected chi connectivity index (χ2v) is 5.65. The van der Waals surface area contributed by atoms with Crippen LogP contribution in [0.3, 0.4) is 0 Å². The molecule has 0 spiro atoms. The van der Waals surface area contributed by atoms with Crippen LogP contribution in [0.4, 0.5) is 14.6 Å². The van der Waals surface area contributed by atoms with Gasteiger partial charge in [-0.15, -0.1) is 0 Å². The van der Waals surface area contributed by atoms with E-state index >= 15 is 0 Å². The van der Waals surface area contributed by atoms with Crippen LogP contribution in [0.25, 0.3) is 0 Å². The van der Waals surface area contributed by atoms with Crippen molar-refractivity contribution in [3.63, 3.8) is 0 Å². The van der Waals surface area contributed by atoms with E-state index < -0.39 is 23.1 Å². The maximum atomic E-state index is 13.7. The van der Waals surface area contributed by atoms with Gasteiger partial charge in [0.25, 0.3) is 5.91 Å². The number of amides is 1. The van der Waals surface area contributed by atoms with Gasteiger partial charge in [-0.2, -0.15) is 0 Å². The lowest BCUT2D eigenvalue weighted by Gasteiger charge is -2.08. The van der Waals surface area contributed by atoms with Gasteiger partial charge in [0, 0.05) is 18.0 Å². The SMILES string of the molecule is CC/C(=N\Oc1cccnc1)c1ccc(NC(=O)c2c(F)cccc2F)nc1. The predicted octanol–water partition coefficient (Wildman–Crippen LogP) is 4.20. The fourth-order valence-corrected chi connectivity index (χ4v) is 2.36. The number of aromatic nitrogens is 2. The Hall–Kier alpha value is -3.68. The van der Waals surface area contributed by atoms with Crippen LogP contribution in [0.1, 0.15) is 29.3 Å². The van der Waals surface area contributed by atoms with Gasteiger partial charge in [-0.3, -0.25) is 9.78 Å². The molecule has 2 heterocycles. The third kappa shape index (κ3) is 4.53. The van der Waals surface area contributed by atoms with Crippen LogP contribution in [0.2, 0.25) is 0 Å². The average molecular weight is 382 g/mol. The van der Waals surface area contributed by atoms with Crippen molar-refractivity contribution in [3.8, 4) is 5.75 Å². The average Bonchev–Trinajstić information content (AvgIpc) is 2.70. The first-order valence-electron chi connectivity index (χ1n) is 8.44. The number of hydrogen-bond acceptors (Lipinski definition) is 5. The van der Waals surface area contributed by atoms with Crippen LogP contribution in [0, 0.1) is 11.6 Å². The number of nitrogens with one attached hydrogen (secondary N) is 1. The molecule has 3 rings (SSSR count).